The third kappa shape index (κ3) is 1.95. The highest BCUT2D eigenvalue weighted by molar-refractivity contribution is 5.89. The number of carbonyl (C=O) groups is 1. The van der Waals surface area contributed by atoms with Gasteiger partial charge in [-0.2, -0.15) is 0 Å². The van der Waals surface area contributed by atoms with Gasteiger partial charge in [0.2, 0.25) is 0 Å². The maximum Gasteiger partial charge on any atom is 0.166 e. The summed E-state index contributed by atoms with van der Waals surface area (Å²) in [5.74, 6) is 0.0677. The molecule has 0 aromatic heterocycles. The van der Waals surface area contributed by atoms with Crippen molar-refractivity contribution in [2.24, 2.45) is 0 Å². The molecule has 0 aromatic rings. The van der Waals surface area contributed by atoms with Crippen molar-refractivity contribution in [2.45, 2.75) is 37.1 Å². The molecule has 2 fully saturated rings. The molecule has 80 valence electrons. The summed E-state index contributed by atoms with van der Waals surface area (Å²) in [7, 11) is 0. The Balaban J connectivity index is 1.89. The number of rotatable bonds is 2. The quantitative estimate of drug-likeness (QED) is 0.414. The minimum absolute atomic E-state index is 0.0677. The van der Waals surface area contributed by atoms with Crippen molar-refractivity contribution in [2.75, 3.05) is 13.1 Å². The van der Waals surface area contributed by atoms with Gasteiger partial charge in [-0.15, -0.1) is 0 Å². The maximum atomic E-state index is 11.8. The van der Waals surface area contributed by atoms with E-state index in [-0.39, 0.29) is 17.9 Å². The molecule has 14 heavy (non-hydrogen) atoms. The fourth-order valence-electron chi connectivity index (χ4n) is 2.11. The lowest BCUT2D eigenvalue weighted by Gasteiger charge is -2.14. The molecule has 0 amide bonds. The molecule has 2 saturated heterocycles. The Morgan fingerprint density at radius 1 is 1.00 bits per heavy atom. The Bertz CT molecular complexity index is 212. The fraction of sp³-hybridized carbons (Fsp3) is 0.889. The van der Waals surface area contributed by atoms with Crippen LogP contribution in [0.25, 0.3) is 0 Å². The molecule has 0 spiro atoms. The highest BCUT2D eigenvalue weighted by Crippen LogP contribution is 2.14. The number of hydrogen-bond acceptors (Lipinski definition) is 5. The van der Waals surface area contributed by atoms with Gasteiger partial charge in [0.05, 0.1) is 24.3 Å². The smallest absolute Gasteiger partial charge is 0.166 e. The second kappa shape index (κ2) is 3.94. The Hall–Kier alpha value is -0.490. The van der Waals surface area contributed by atoms with E-state index in [2.05, 4.69) is 10.6 Å². The minimum Gasteiger partial charge on any atom is -0.392 e. The number of carbonyl (C=O) groups excluding carboxylic acids is 1. The lowest BCUT2D eigenvalue weighted by molar-refractivity contribution is -0.122. The van der Waals surface area contributed by atoms with E-state index in [0.717, 1.165) is 0 Å². The van der Waals surface area contributed by atoms with Crippen LogP contribution in [0, 0.1) is 0 Å². The molecule has 2 aliphatic heterocycles. The van der Waals surface area contributed by atoms with Crippen molar-refractivity contribution in [1.82, 2.24) is 10.6 Å². The van der Waals surface area contributed by atoms with E-state index >= 15 is 0 Å². The third-order valence-electron chi connectivity index (χ3n) is 2.90. The van der Waals surface area contributed by atoms with Crippen LogP contribution in [0.2, 0.25) is 0 Å². The largest absolute Gasteiger partial charge is 0.392 e. The van der Waals surface area contributed by atoms with Crippen LogP contribution in [0.15, 0.2) is 0 Å². The predicted molar refractivity (Wildman–Crippen MR) is 49.8 cm³/mol. The molecule has 0 saturated carbocycles. The van der Waals surface area contributed by atoms with Crippen LogP contribution in [0.1, 0.15) is 12.8 Å². The highest BCUT2D eigenvalue weighted by atomic mass is 16.3. The monoisotopic (exact) mass is 200 g/mol. The first-order chi connectivity index (χ1) is 6.66. The van der Waals surface area contributed by atoms with Crippen LogP contribution in [0.4, 0.5) is 0 Å². The summed E-state index contributed by atoms with van der Waals surface area (Å²) >= 11 is 0. The second-order valence-corrected chi connectivity index (χ2v) is 4.10. The molecule has 4 atom stereocenters. The van der Waals surface area contributed by atoms with Gasteiger partial charge < -0.3 is 20.8 Å². The first kappa shape index (κ1) is 10.0. The highest BCUT2D eigenvalue weighted by Gasteiger charge is 2.35. The summed E-state index contributed by atoms with van der Waals surface area (Å²) in [4.78, 5) is 11.8. The second-order valence-electron chi connectivity index (χ2n) is 4.10. The Morgan fingerprint density at radius 2 is 1.43 bits per heavy atom. The van der Waals surface area contributed by atoms with Gasteiger partial charge in [-0.3, -0.25) is 4.79 Å². The van der Waals surface area contributed by atoms with Crippen molar-refractivity contribution < 1.29 is 15.0 Å². The van der Waals surface area contributed by atoms with Gasteiger partial charge in [0.15, 0.2) is 5.78 Å². The maximum absolute atomic E-state index is 11.8. The van der Waals surface area contributed by atoms with E-state index in [1.807, 2.05) is 0 Å². The summed E-state index contributed by atoms with van der Waals surface area (Å²) in [6.45, 7) is 0.983. The van der Waals surface area contributed by atoms with Gasteiger partial charge in [-0.05, 0) is 12.8 Å². The van der Waals surface area contributed by atoms with Crippen molar-refractivity contribution in [3.63, 3.8) is 0 Å². The van der Waals surface area contributed by atoms with Gasteiger partial charge in [0.1, 0.15) is 0 Å². The molecule has 2 aliphatic rings. The molecular weight excluding hydrogens is 184 g/mol. The number of β-amino-alcohol motifs (C(OH)–C–C–N with tert-alkyl or cyclic N) is 2. The average Bonchev–Trinajstić information content (AvgIpc) is 2.73. The molecular formula is C9H16N2O3. The SMILES string of the molecule is O=C(C1CC(O)CN1)C1CC(O)CN1. The predicted octanol–water partition coefficient (Wildman–Crippen LogP) is -2.00. The number of ketones is 1. The van der Waals surface area contributed by atoms with Gasteiger partial charge >= 0.3 is 0 Å². The van der Waals surface area contributed by atoms with Crippen LogP contribution in [0.5, 0.6) is 0 Å². The van der Waals surface area contributed by atoms with Gasteiger partial charge in [0.25, 0.3) is 0 Å². The Labute approximate surface area is 82.5 Å². The van der Waals surface area contributed by atoms with Gasteiger partial charge in [-0.25, -0.2) is 0 Å². The summed E-state index contributed by atoms with van der Waals surface area (Å²) in [5.41, 5.74) is 0. The van der Waals surface area contributed by atoms with E-state index in [4.69, 9.17) is 0 Å². The van der Waals surface area contributed by atoms with Crippen LogP contribution in [0.3, 0.4) is 0 Å². The Kier molecular flexibility index (Phi) is 2.83. The molecule has 5 nitrogen and oxygen atoms in total. The lowest BCUT2D eigenvalue weighted by atomic mass is 10.0. The summed E-state index contributed by atoms with van der Waals surface area (Å²) in [6, 6.07) is -0.486. The van der Waals surface area contributed by atoms with Crippen molar-refractivity contribution in [1.29, 1.82) is 0 Å². The first-order valence-corrected chi connectivity index (χ1v) is 5.03. The van der Waals surface area contributed by atoms with Crippen molar-refractivity contribution in [3.05, 3.63) is 0 Å². The molecule has 2 heterocycles. The zero-order valence-electron chi connectivity index (χ0n) is 7.94. The van der Waals surface area contributed by atoms with Crippen LogP contribution >= 0.6 is 0 Å². The molecule has 0 aromatic carbocycles. The van der Waals surface area contributed by atoms with Crippen molar-refractivity contribution in [3.8, 4) is 0 Å². The fourth-order valence-corrected chi connectivity index (χ4v) is 2.11. The van der Waals surface area contributed by atoms with Gasteiger partial charge in [-0.1, -0.05) is 0 Å². The normalized spacial score (nSPS) is 43.0. The topological polar surface area (TPSA) is 81.6 Å². The molecule has 5 heteroatoms. The van der Waals surface area contributed by atoms with E-state index in [9.17, 15) is 15.0 Å². The average molecular weight is 200 g/mol. The Morgan fingerprint density at radius 3 is 1.71 bits per heavy atom. The summed E-state index contributed by atoms with van der Waals surface area (Å²) in [5, 5.41) is 24.5. The van der Waals surface area contributed by atoms with E-state index in [0.29, 0.717) is 25.9 Å². The zero-order chi connectivity index (χ0) is 10.1. The van der Waals surface area contributed by atoms with Crippen LogP contribution < -0.4 is 10.6 Å². The zero-order valence-corrected chi connectivity index (χ0v) is 7.94. The number of aliphatic hydroxyl groups excluding tert-OH is 2. The van der Waals surface area contributed by atoms with E-state index in [1.54, 1.807) is 0 Å². The number of nitrogens with one attached hydrogen (secondary N) is 2. The third-order valence-corrected chi connectivity index (χ3v) is 2.90. The minimum atomic E-state index is -0.407. The first-order valence-electron chi connectivity index (χ1n) is 5.03. The van der Waals surface area contributed by atoms with E-state index in [1.165, 1.54) is 0 Å². The van der Waals surface area contributed by atoms with Crippen LogP contribution in [-0.4, -0.2) is 53.4 Å². The standard InChI is InChI=1S/C9H16N2O3/c12-5-1-7(10-3-5)9(14)8-2-6(13)4-11-8/h5-8,10-13H,1-4H2. The van der Waals surface area contributed by atoms with Crippen LogP contribution in [-0.2, 0) is 4.79 Å². The molecule has 0 aliphatic carbocycles. The molecule has 4 unspecified atom stereocenters. The lowest BCUT2D eigenvalue weighted by Crippen LogP contribution is -2.42. The molecule has 0 bridgehead atoms. The molecule has 0 radical (unpaired) electrons. The number of Topliss-reactive ketones (excluding diaryl/α,β-unsaturated/α-hetero) is 1. The van der Waals surface area contributed by atoms with Crippen molar-refractivity contribution >= 4 is 5.78 Å². The summed E-state index contributed by atoms with van der Waals surface area (Å²) in [6.07, 6.45) is 0.172. The molecule has 4 N–H and O–H groups in total. The number of hydrogen-bond donors (Lipinski definition) is 4. The number of aliphatic hydroxyl groups is 2. The summed E-state index contributed by atoms with van der Waals surface area (Å²) < 4.78 is 0. The molecule has 2 rings (SSSR count). The van der Waals surface area contributed by atoms with Gasteiger partial charge in [0, 0.05) is 13.1 Å². The van der Waals surface area contributed by atoms with E-state index < -0.39 is 12.2 Å².